The van der Waals surface area contributed by atoms with E-state index in [1.54, 1.807) is 29.7 Å². The Morgan fingerprint density at radius 1 is 1.35 bits per heavy atom. The van der Waals surface area contributed by atoms with Crippen molar-refractivity contribution in [2.75, 3.05) is 6.54 Å². The highest BCUT2D eigenvalue weighted by atomic mass is 79.9. The minimum Gasteiger partial charge on any atom is -0.480 e. The maximum Gasteiger partial charge on any atom is 0.323 e. The normalized spacial score (nSPS) is 10.4. The smallest absolute Gasteiger partial charge is 0.323 e. The number of carbonyl (C=O) groups excluding carboxylic acids is 1. The van der Waals surface area contributed by atoms with Gasteiger partial charge in [-0.3, -0.25) is 9.59 Å². The molecule has 0 bridgehead atoms. The van der Waals surface area contributed by atoms with E-state index in [9.17, 15) is 9.59 Å². The van der Waals surface area contributed by atoms with Crippen molar-refractivity contribution in [3.63, 3.8) is 0 Å². The standard InChI is InChI=1S/C13H13BrN2O3S/c14-11-4-3-9(20-11)5-6-15-13(19)10-2-1-7-16(10)8-12(17)18/h1-4,7H,5-6,8H2,(H,15,19)(H,17,18). The van der Waals surface area contributed by atoms with Gasteiger partial charge in [-0.15, -0.1) is 11.3 Å². The molecule has 0 saturated carbocycles. The lowest BCUT2D eigenvalue weighted by molar-refractivity contribution is -0.137. The topological polar surface area (TPSA) is 71.3 Å². The minimum absolute atomic E-state index is 0.215. The summed E-state index contributed by atoms with van der Waals surface area (Å²) in [7, 11) is 0. The third kappa shape index (κ3) is 3.94. The summed E-state index contributed by atoms with van der Waals surface area (Å²) in [5, 5.41) is 11.6. The molecule has 2 aromatic heterocycles. The third-order valence-electron chi connectivity index (χ3n) is 2.65. The van der Waals surface area contributed by atoms with E-state index in [1.165, 1.54) is 9.44 Å². The van der Waals surface area contributed by atoms with Gasteiger partial charge in [0.2, 0.25) is 0 Å². The zero-order chi connectivity index (χ0) is 14.5. The summed E-state index contributed by atoms with van der Waals surface area (Å²) in [6, 6.07) is 7.25. The number of aromatic nitrogens is 1. The van der Waals surface area contributed by atoms with Crippen molar-refractivity contribution in [3.05, 3.63) is 44.8 Å². The Labute approximate surface area is 128 Å². The number of carbonyl (C=O) groups is 2. The zero-order valence-electron chi connectivity index (χ0n) is 10.5. The Kier molecular flexibility index (Phi) is 4.97. The second-order valence-electron chi connectivity index (χ2n) is 4.13. The highest BCUT2D eigenvalue weighted by Gasteiger charge is 2.12. The molecule has 0 radical (unpaired) electrons. The van der Waals surface area contributed by atoms with Gasteiger partial charge in [-0.1, -0.05) is 0 Å². The first-order valence-electron chi connectivity index (χ1n) is 5.95. The van der Waals surface area contributed by atoms with Gasteiger partial charge in [-0.05, 0) is 46.6 Å². The van der Waals surface area contributed by atoms with Gasteiger partial charge in [-0.2, -0.15) is 0 Å². The number of halogens is 1. The molecule has 5 nitrogen and oxygen atoms in total. The summed E-state index contributed by atoms with van der Waals surface area (Å²) >= 11 is 5.02. The molecule has 0 aliphatic heterocycles. The number of amides is 1. The van der Waals surface area contributed by atoms with E-state index in [4.69, 9.17) is 5.11 Å². The number of rotatable bonds is 6. The highest BCUT2D eigenvalue weighted by Crippen LogP contribution is 2.22. The first-order chi connectivity index (χ1) is 9.56. The number of carboxylic acid groups (broad SMARTS) is 1. The summed E-state index contributed by atoms with van der Waals surface area (Å²) in [4.78, 5) is 23.8. The molecule has 20 heavy (non-hydrogen) atoms. The second-order valence-corrected chi connectivity index (χ2v) is 6.67. The molecule has 1 amide bonds. The number of thiophene rings is 1. The number of nitrogens with zero attached hydrogens (tertiary/aromatic N) is 1. The molecule has 106 valence electrons. The van der Waals surface area contributed by atoms with Crippen LogP contribution in [-0.4, -0.2) is 28.1 Å². The molecule has 0 unspecified atom stereocenters. The fraction of sp³-hybridized carbons (Fsp3) is 0.231. The van der Waals surface area contributed by atoms with Gasteiger partial charge >= 0.3 is 5.97 Å². The summed E-state index contributed by atoms with van der Waals surface area (Å²) < 4.78 is 2.48. The van der Waals surface area contributed by atoms with Crippen LogP contribution in [0.4, 0.5) is 0 Å². The molecule has 2 N–H and O–H groups in total. The quantitative estimate of drug-likeness (QED) is 0.834. The zero-order valence-corrected chi connectivity index (χ0v) is 12.9. The van der Waals surface area contributed by atoms with E-state index in [1.807, 2.05) is 12.1 Å². The predicted octanol–water partition coefficient (Wildman–Crippen LogP) is 2.37. The van der Waals surface area contributed by atoms with Crippen molar-refractivity contribution in [2.45, 2.75) is 13.0 Å². The SMILES string of the molecule is O=C(O)Cn1cccc1C(=O)NCCc1ccc(Br)s1. The summed E-state index contributed by atoms with van der Waals surface area (Å²) in [6.45, 7) is 0.303. The van der Waals surface area contributed by atoms with Crippen LogP contribution in [0.5, 0.6) is 0 Å². The van der Waals surface area contributed by atoms with Crippen LogP contribution >= 0.6 is 27.3 Å². The number of aliphatic carboxylic acids is 1. The fourth-order valence-corrected chi connectivity index (χ4v) is 3.26. The largest absolute Gasteiger partial charge is 0.480 e. The highest BCUT2D eigenvalue weighted by molar-refractivity contribution is 9.11. The Bertz CT molecular complexity index is 621. The molecule has 0 atom stereocenters. The molecule has 0 aliphatic rings. The van der Waals surface area contributed by atoms with Gasteiger partial charge in [-0.25, -0.2) is 0 Å². The van der Waals surface area contributed by atoms with Crippen LogP contribution in [-0.2, 0) is 17.8 Å². The molecule has 2 aromatic rings. The van der Waals surface area contributed by atoms with Crippen LogP contribution in [0.3, 0.4) is 0 Å². The minimum atomic E-state index is -0.973. The van der Waals surface area contributed by atoms with Crippen LogP contribution in [0.15, 0.2) is 34.2 Å². The van der Waals surface area contributed by atoms with Crippen LogP contribution in [0, 0.1) is 0 Å². The molecule has 0 spiro atoms. The lowest BCUT2D eigenvalue weighted by Gasteiger charge is -2.07. The number of hydrogen-bond donors (Lipinski definition) is 2. The molecule has 2 rings (SSSR count). The van der Waals surface area contributed by atoms with E-state index in [0.717, 1.165) is 10.2 Å². The summed E-state index contributed by atoms with van der Waals surface area (Å²) in [6.07, 6.45) is 2.33. The van der Waals surface area contributed by atoms with Gasteiger partial charge in [0.1, 0.15) is 12.2 Å². The van der Waals surface area contributed by atoms with E-state index in [0.29, 0.717) is 12.2 Å². The molecule has 2 heterocycles. The Balaban J connectivity index is 1.88. The summed E-state index contributed by atoms with van der Waals surface area (Å²) in [5.74, 6) is -1.23. The number of carboxylic acids is 1. The number of nitrogens with one attached hydrogen (secondary N) is 1. The van der Waals surface area contributed by atoms with Gasteiger partial charge in [0, 0.05) is 17.6 Å². The molecular formula is C13H13BrN2O3S. The Morgan fingerprint density at radius 2 is 2.15 bits per heavy atom. The fourth-order valence-electron chi connectivity index (χ4n) is 1.78. The predicted molar refractivity (Wildman–Crippen MR) is 80.1 cm³/mol. The number of hydrogen-bond acceptors (Lipinski definition) is 3. The molecule has 0 aliphatic carbocycles. The van der Waals surface area contributed by atoms with Gasteiger partial charge in [0.05, 0.1) is 3.79 Å². The van der Waals surface area contributed by atoms with Crippen LogP contribution < -0.4 is 5.32 Å². The molecule has 7 heteroatoms. The first-order valence-corrected chi connectivity index (χ1v) is 7.56. The van der Waals surface area contributed by atoms with Crippen molar-refractivity contribution in [3.8, 4) is 0 Å². The van der Waals surface area contributed by atoms with Crippen molar-refractivity contribution >= 4 is 39.1 Å². The Morgan fingerprint density at radius 3 is 2.80 bits per heavy atom. The molecule has 0 fully saturated rings. The molecule has 0 saturated heterocycles. The third-order valence-corrected chi connectivity index (χ3v) is 4.34. The Hall–Kier alpha value is -1.60. The van der Waals surface area contributed by atoms with Crippen LogP contribution in [0.25, 0.3) is 0 Å². The first kappa shape index (κ1) is 14.8. The molecule has 0 aromatic carbocycles. The van der Waals surface area contributed by atoms with Gasteiger partial charge < -0.3 is 15.0 Å². The van der Waals surface area contributed by atoms with Crippen molar-refractivity contribution in [1.82, 2.24) is 9.88 Å². The second kappa shape index (κ2) is 6.71. The van der Waals surface area contributed by atoms with Gasteiger partial charge in [0.25, 0.3) is 5.91 Å². The lowest BCUT2D eigenvalue weighted by atomic mass is 10.3. The van der Waals surface area contributed by atoms with E-state index < -0.39 is 5.97 Å². The maximum atomic E-state index is 12.0. The monoisotopic (exact) mass is 356 g/mol. The van der Waals surface area contributed by atoms with E-state index in [2.05, 4.69) is 21.2 Å². The van der Waals surface area contributed by atoms with Crippen LogP contribution in [0.1, 0.15) is 15.4 Å². The van der Waals surface area contributed by atoms with Crippen molar-refractivity contribution < 1.29 is 14.7 Å². The average molecular weight is 357 g/mol. The van der Waals surface area contributed by atoms with Crippen LogP contribution in [0.2, 0.25) is 0 Å². The van der Waals surface area contributed by atoms with Gasteiger partial charge in [0.15, 0.2) is 0 Å². The van der Waals surface area contributed by atoms with E-state index >= 15 is 0 Å². The lowest BCUT2D eigenvalue weighted by Crippen LogP contribution is -2.28. The maximum absolute atomic E-state index is 12.0. The van der Waals surface area contributed by atoms with Crippen molar-refractivity contribution in [2.24, 2.45) is 0 Å². The average Bonchev–Trinajstić information content (AvgIpc) is 2.98. The summed E-state index contributed by atoms with van der Waals surface area (Å²) in [5.41, 5.74) is 0.361. The molecular weight excluding hydrogens is 344 g/mol. The van der Waals surface area contributed by atoms with Crippen molar-refractivity contribution in [1.29, 1.82) is 0 Å². The van der Waals surface area contributed by atoms with E-state index in [-0.39, 0.29) is 12.5 Å².